The zero-order chi connectivity index (χ0) is 15.0. The zero-order valence-electron chi connectivity index (χ0n) is 11.7. The van der Waals surface area contributed by atoms with E-state index in [1.54, 1.807) is 25.3 Å². The maximum Gasteiger partial charge on any atom is 0.162 e. The molecule has 2 N–H and O–H groups in total. The van der Waals surface area contributed by atoms with Crippen LogP contribution < -0.4 is 10.5 Å². The van der Waals surface area contributed by atoms with Crippen molar-refractivity contribution in [3.63, 3.8) is 0 Å². The Morgan fingerprint density at radius 1 is 1.10 bits per heavy atom. The second kappa shape index (κ2) is 5.01. The van der Waals surface area contributed by atoms with E-state index in [1.165, 1.54) is 12.1 Å². The van der Waals surface area contributed by atoms with E-state index < -0.39 is 0 Å². The lowest BCUT2D eigenvalue weighted by molar-refractivity contribution is 0.415. The molecule has 3 rings (SSSR count). The van der Waals surface area contributed by atoms with Crippen molar-refractivity contribution >= 4 is 16.7 Å². The summed E-state index contributed by atoms with van der Waals surface area (Å²) in [5, 5.41) is 0.715. The van der Waals surface area contributed by atoms with E-state index in [0.29, 0.717) is 33.9 Å². The van der Waals surface area contributed by atoms with E-state index in [2.05, 4.69) is 9.97 Å². The monoisotopic (exact) mass is 283 g/mol. The van der Waals surface area contributed by atoms with Crippen LogP contribution in [0.1, 0.15) is 5.56 Å². The van der Waals surface area contributed by atoms with E-state index in [1.807, 2.05) is 13.0 Å². The quantitative estimate of drug-likeness (QED) is 0.783. The predicted octanol–water partition coefficient (Wildman–Crippen LogP) is 3.34. The number of methoxy groups -OCH3 is 1. The van der Waals surface area contributed by atoms with Crippen LogP contribution in [0.2, 0.25) is 0 Å². The van der Waals surface area contributed by atoms with E-state index in [9.17, 15) is 4.39 Å². The molecule has 0 unspecified atom stereocenters. The molecular formula is C16H14FN3O. The number of rotatable bonds is 2. The molecule has 0 saturated carbocycles. The minimum atomic E-state index is -0.326. The lowest BCUT2D eigenvalue weighted by Gasteiger charge is -2.09. The predicted molar refractivity (Wildman–Crippen MR) is 80.6 cm³/mol. The molecule has 0 radical (unpaired) electrons. The largest absolute Gasteiger partial charge is 0.497 e. The first-order chi connectivity index (χ1) is 10.1. The molecule has 0 aliphatic rings. The number of halogens is 1. The minimum Gasteiger partial charge on any atom is -0.497 e. The fraction of sp³-hybridized carbons (Fsp3) is 0.125. The summed E-state index contributed by atoms with van der Waals surface area (Å²) in [7, 11) is 1.59. The topological polar surface area (TPSA) is 61.0 Å². The van der Waals surface area contributed by atoms with Crippen LogP contribution in [0.15, 0.2) is 36.4 Å². The molecule has 5 heteroatoms. The average Bonchev–Trinajstić information content (AvgIpc) is 2.49. The van der Waals surface area contributed by atoms with Crippen molar-refractivity contribution in [3.8, 4) is 17.1 Å². The summed E-state index contributed by atoms with van der Waals surface area (Å²) in [6, 6.07) is 9.92. The summed E-state index contributed by atoms with van der Waals surface area (Å²) in [5.41, 5.74) is 8.23. The van der Waals surface area contributed by atoms with Crippen LogP contribution in [-0.2, 0) is 0 Å². The first kappa shape index (κ1) is 13.3. The molecule has 1 aromatic heterocycles. The highest BCUT2D eigenvalue weighted by Gasteiger charge is 2.11. The van der Waals surface area contributed by atoms with Crippen molar-refractivity contribution in [2.75, 3.05) is 12.8 Å². The first-order valence-electron chi connectivity index (χ1n) is 6.46. The molecule has 0 amide bonds. The van der Waals surface area contributed by atoms with Gasteiger partial charge in [0, 0.05) is 10.9 Å². The highest BCUT2D eigenvalue weighted by atomic mass is 19.1. The van der Waals surface area contributed by atoms with Crippen molar-refractivity contribution in [1.29, 1.82) is 0 Å². The molecule has 0 bridgehead atoms. The van der Waals surface area contributed by atoms with Gasteiger partial charge in [0.2, 0.25) is 0 Å². The summed E-state index contributed by atoms with van der Waals surface area (Å²) in [6.45, 7) is 1.88. The number of anilines is 1. The smallest absolute Gasteiger partial charge is 0.162 e. The van der Waals surface area contributed by atoms with Gasteiger partial charge in [0.15, 0.2) is 5.82 Å². The van der Waals surface area contributed by atoms with Gasteiger partial charge in [0.25, 0.3) is 0 Å². The number of nitrogens with two attached hydrogens (primary N) is 1. The van der Waals surface area contributed by atoms with Crippen molar-refractivity contribution in [2.24, 2.45) is 0 Å². The van der Waals surface area contributed by atoms with Gasteiger partial charge in [-0.2, -0.15) is 0 Å². The number of aromatic nitrogens is 2. The lowest BCUT2D eigenvalue weighted by atomic mass is 10.1. The Morgan fingerprint density at radius 3 is 2.67 bits per heavy atom. The van der Waals surface area contributed by atoms with Crippen molar-refractivity contribution in [2.45, 2.75) is 6.92 Å². The van der Waals surface area contributed by atoms with Crippen LogP contribution in [0, 0.1) is 12.7 Å². The minimum absolute atomic E-state index is 0.326. The average molecular weight is 283 g/mol. The van der Waals surface area contributed by atoms with Crippen LogP contribution in [0.25, 0.3) is 22.3 Å². The maximum absolute atomic E-state index is 13.4. The van der Waals surface area contributed by atoms with Gasteiger partial charge < -0.3 is 10.5 Å². The molecule has 0 fully saturated rings. The molecule has 21 heavy (non-hydrogen) atoms. The molecule has 0 saturated heterocycles. The Labute approximate surface area is 121 Å². The molecule has 0 aliphatic carbocycles. The number of nitrogens with zero attached hydrogens (tertiary/aromatic N) is 2. The van der Waals surface area contributed by atoms with Crippen LogP contribution in [0.5, 0.6) is 5.75 Å². The van der Waals surface area contributed by atoms with Gasteiger partial charge in [-0.1, -0.05) is 6.07 Å². The molecule has 0 atom stereocenters. The Kier molecular flexibility index (Phi) is 3.17. The fourth-order valence-corrected chi connectivity index (χ4v) is 2.21. The second-order valence-electron chi connectivity index (χ2n) is 4.77. The van der Waals surface area contributed by atoms with Crippen LogP contribution in [-0.4, -0.2) is 17.1 Å². The van der Waals surface area contributed by atoms with Gasteiger partial charge in [0.1, 0.15) is 17.4 Å². The number of fused-ring (bicyclic) bond motifs is 1. The molecular weight excluding hydrogens is 269 g/mol. The molecule has 2 aromatic carbocycles. The fourth-order valence-electron chi connectivity index (χ4n) is 2.21. The molecule has 106 valence electrons. The molecule has 0 spiro atoms. The third-order valence-electron chi connectivity index (χ3n) is 3.37. The van der Waals surface area contributed by atoms with Gasteiger partial charge in [-0.15, -0.1) is 0 Å². The molecule has 1 heterocycles. The van der Waals surface area contributed by atoms with Gasteiger partial charge >= 0.3 is 0 Å². The van der Waals surface area contributed by atoms with Crippen molar-refractivity contribution < 1.29 is 9.13 Å². The van der Waals surface area contributed by atoms with Crippen LogP contribution in [0.3, 0.4) is 0 Å². The Morgan fingerprint density at radius 2 is 1.90 bits per heavy atom. The highest BCUT2D eigenvalue weighted by molar-refractivity contribution is 5.90. The highest BCUT2D eigenvalue weighted by Crippen LogP contribution is 2.28. The molecule has 4 nitrogen and oxygen atoms in total. The molecule has 0 aliphatic heterocycles. The van der Waals surface area contributed by atoms with Gasteiger partial charge in [-0.3, -0.25) is 0 Å². The zero-order valence-corrected chi connectivity index (χ0v) is 11.7. The molecule has 3 aromatic rings. The van der Waals surface area contributed by atoms with Crippen LogP contribution >= 0.6 is 0 Å². The standard InChI is InChI=1S/C16H14FN3O/c1-9-3-4-10(17)7-12(9)16-19-14-6-5-11(21-2)8-13(14)15(18)20-16/h3-8H,1-2H3,(H2,18,19,20). The van der Waals surface area contributed by atoms with Gasteiger partial charge in [0.05, 0.1) is 12.6 Å². The summed E-state index contributed by atoms with van der Waals surface area (Å²) < 4.78 is 18.6. The number of ether oxygens (including phenoxy) is 1. The van der Waals surface area contributed by atoms with Crippen molar-refractivity contribution in [3.05, 3.63) is 47.8 Å². The number of aryl methyl sites for hydroxylation is 1. The summed E-state index contributed by atoms with van der Waals surface area (Å²) in [6.07, 6.45) is 0. The van der Waals surface area contributed by atoms with Gasteiger partial charge in [-0.25, -0.2) is 14.4 Å². The second-order valence-corrected chi connectivity index (χ2v) is 4.77. The number of hydrogen-bond acceptors (Lipinski definition) is 4. The number of hydrogen-bond donors (Lipinski definition) is 1. The Hall–Kier alpha value is -2.69. The SMILES string of the molecule is COc1ccc2nc(-c3cc(F)ccc3C)nc(N)c2c1. The van der Waals surface area contributed by atoms with E-state index in [4.69, 9.17) is 10.5 Å². The Balaban J connectivity index is 2.23. The summed E-state index contributed by atoms with van der Waals surface area (Å²) >= 11 is 0. The summed E-state index contributed by atoms with van der Waals surface area (Å²) in [4.78, 5) is 8.76. The number of benzene rings is 2. The maximum atomic E-state index is 13.4. The normalized spacial score (nSPS) is 10.8. The van der Waals surface area contributed by atoms with Gasteiger partial charge in [-0.05, 0) is 42.8 Å². The van der Waals surface area contributed by atoms with Crippen molar-refractivity contribution in [1.82, 2.24) is 9.97 Å². The Bertz CT molecular complexity index is 833. The van der Waals surface area contributed by atoms with E-state index >= 15 is 0 Å². The third-order valence-corrected chi connectivity index (χ3v) is 3.37. The third kappa shape index (κ3) is 2.38. The lowest BCUT2D eigenvalue weighted by Crippen LogP contribution is -1.99. The summed E-state index contributed by atoms with van der Waals surface area (Å²) in [5.74, 6) is 1.12. The van der Waals surface area contributed by atoms with E-state index in [0.717, 1.165) is 5.56 Å². The van der Waals surface area contributed by atoms with E-state index in [-0.39, 0.29) is 5.82 Å². The number of nitrogen functional groups attached to an aromatic ring is 1. The van der Waals surface area contributed by atoms with Crippen LogP contribution in [0.4, 0.5) is 10.2 Å². The first-order valence-corrected chi connectivity index (χ1v) is 6.46.